The Kier molecular flexibility index (Phi) is 5.48. The fourth-order valence-corrected chi connectivity index (χ4v) is 3.65. The number of amides is 2. The van der Waals surface area contributed by atoms with Crippen LogP contribution < -0.4 is 5.56 Å². The SMILES string of the molecule is CCc1c(C)cc(C(=O)N2CCCN(C(=O)c3ccco3)CC2)c(=O)n1C. The maximum Gasteiger partial charge on any atom is 0.289 e. The van der Waals surface area contributed by atoms with Crippen LogP contribution in [0.15, 0.2) is 33.7 Å². The van der Waals surface area contributed by atoms with Gasteiger partial charge in [-0.2, -0.15) is 0 Å². The maximum absolute atomic E-state index is 13.0. The molecule has 2 aromatic rings. The first-order valence-corrected chi connectivity index (χ1v) is 9.25. The van der Waals surface area contributed by atoms with Crippen molar-refractivity contribution in [3.8, 4) is 0 Å². The molecule has 0 radical (unpaired) electrons. The molecule has 1 aliphatic rings. The zero-order valence-electron chi connectivity index (χ0n) is 16.0. The van der Waals surface area contributed by atoms with Crippen molar-refractivity contribution in [3.05, 3.63) is 57.4 Å². The summed E-state index contributed by atoms with van der Waals surface area (Å²) in [6.45, 7) is 5.78. The van der Waals surface area contributed by atoms with E-state index in [-0.39, 0.29) is 22.9 Å². The molecule has 0 spiro atoms. The second-order valence-corrected chi connectivity index (χ2v) is 6.82. The predicted octanol–water partition coefficient (Wildman–Crippen LogP) is 1.84. The van der Waals surface area contributed by atoms with E-state index in [9.17, 15) is 14.4 Å². The number of aromatic nitrogens is 1. The minimum absolute atomic E-state index is 0.173. The molecule has 0 aromatic carbocycles. The zero-order valence-corrected chi connectivity index (χ0v) is 16.0. The second-order valence-electron chi connectivity index (χ2n) is 6.82. The molecule has 7 heteroatoms. The molecular weight excluding hydrogens is 346 g/mol. The number of pyridine rings is 1. The van der Waals surface area contributed by atoms with E-state index < -0.39 is 0 Å². The van der Waals surface area contributed by atoms with Crippen LogP contribution in [-0.2, 0) is 13.5 Å². The van der Waals surface area contributed by atoms with Gasteiger partial charge in [0.15, 0.2) is 5.76 Å². The molecule has 0 atom stereocenters. The van der Waals surface area contributed by atoms with E-state index in [2.05, 4.69) is 0 Å². The summed E-state index contributed by atoms with van der Waals surface area (Å²) in [6, 6.07) is 5.01. The summed E-state index contributed by atoms with van der Waals surface area (Å²) < 4.78 is 6.74. The van der Waals surface area contributed by atoms with E-state index in [4.69, 9.17) is 4.42 Å². The van der Waals surface area contributed by atoms with Gasteiger partial charge in [0.2, 0.25) is 0 Å². The van der Waals surface area contributed by atoms with Crippen molar-refractivity contribution in [2.45, 2.75) is 26.7 Å². The van der Waals surface area contributed by atoms with Crippen LogP contribution >= 0.6 is 0 Å². The van der Waals surface area contributed by atoms with Crippen LogP contribution in [0.5, 0.6) is 0 Å². The number of nitrogens with zero attached hydrogens (tertiary/aromatic N) is 3. The lowest BCUT2D eigenvalue weighted by atomic mass is 10.1. The molecule has 0 N–H and O–H groups in total. The molecule has 1 aliphatic heterocycles. The average Bonchev–Trinajstić information content (AvgIpc) is 3.08. The largest absolute Gasteiger partial charge is 0.459 e. The molecule has 0 aliphatic carbocycles. The molecule has 0 saturated carbocycles. The standard InChI is InChI=1S/C20H25N3O4/c1-4-16-14(2)13-15(18(24)21(16)3)19(25)22-8-6-9-23(11-10-22)20(26)17-7-5-12-27-17/h5,7,12-13H,4,6,8-11H2,1-3H3. The summed E-state index contributed by atoms with van der Waals surface area (Å²) in [5.74, 6) is -0.142. The van der Waals surface area contributed by atoms with Crippen LogP contribution in [0.4, 0.5) is 0 Å². The minimum Gasteiger partial charge on any atom is -0.459 e. The van der Waals surface area contributed by atoms with Crippen molar-refractivity contribution in [1.82, 2.24) is 14.4 Å². The zero-order chi connectivity index (χ0) is 19.6. The third-order valence-electron chi connectivity index (χ3n) is 5.12. The highest BCUT2D eigenvalue weighted by atomic mass is 16.3. The van der Waals surface area contributed by atoms with Gasteiger partial charge in [0.05, 0.1) is 6.26 Å². The summed E-state index contributed by atoms with van der Waals surface area (Å²) in [7, 11) is 1.71. The van der Waals surface area contributed by atoms with Gasteiger partial charge in [-0.3, -0.25) is 14.4 Å². The van der Waals surface area contributed by atoms with E-state index in [1.807, 2.05) is 13.8 Å². The molecule has 3 rings (SSSR count). The fraction of sp³-hybridized carbons (Fsp3) is 0.450. The Morgan fingerprint density at radius 1 is 1.11 bits per heavy atom. The molecule has 144 valence electrons. The third-order valence-corrected chi connectivity index (χ3v) is 5.12. The van der Waals surface area contributed by atoms with Gasteiger partial charge in [-0.25, -0.2) is 0 Å². The van der Waals surface area contributed by atoms with Crippen LogP contribution in [0.3, 0.4) is 0 Å². The lowest BCUT2D eigenvalue weighted by molar-refractivity contribution is 0.0699. The van der Waals surface area contributed by atoms with E-state index in [0.29, 0.717) is 38.4 Å². The van der Waals surface area contributed by atoms with Crippen LogP contribution in [-0.4, -0.2) is 52.4 Å². The second kappa shape index (κ2) is 7.82. The molecule has 1 fully saturated rings. The molecule has 2 aromatic heterocycles. The molecule has 0 unspecified atom stereocenters. The number of furan rings is 1. The van der Waals surface area contributed by atoms with Gasteiger partial charge in [-0.05, 0) is 43.5 Å². The van der Waals surface area contributed by atoms with Gasteiger partial charge in [0.25, 0.3) is 17.4 Å². The lowest BCUT2D eigenvalue weighted by Gasteiger charge is -2.22. The van der Waals surface area contributed by atoms with Crippen LogP contribution in [0.1, 0.15) is 45.5 Å². The van der Waals surface area contributed by atoms with Gasteiger partial charge < -0.3 is 18.8 Å². The minimum atomic E-state index is -0.270. The number of hydrogen-bond acceptors (Lipinski definition) is 4. The summed E-state index contributed by atoms with van der Waals surface area (Å²) in [5, 5.41) is 0. The highest BCUT2D eigenvalue weighted by Gasteiger charge is 2.26. The van der Waals surface area contributed by atoms with E-state index in [0.717, 1.165) is 17.7 Å². The summed E-state index contributed by atoms with van der Waals surface area (Å²) in [4.78, 5) is 41.4. The van der Waals surface area contributed by atoms with Crippen molar-refractivity contribution in [2.24, 2.45) is 7.05 Å². The molecule has 2 amide bonds. The van der Waals surface area contributed by atoms with E-state index in [1.54, 1.807) is 39.6 Å². The number of hydrogen-bond donors (Lipinski definition) is 0. The lowest BCUT2D eigenvalue weighted by Crippen LogP contribution is -2.40. The molecule has 0 bridgehead atoms. The summed E-state index contributed by atoms with van der Waals surface area (Å²) in [5.41, 5.74) is 1.79. The van der Waals surface area contributed by atoms with Crippen LogP contribution in [0.25, 0.3) is 0 Å². The molecule has 1 saturated heterocycles. The van der Waals surface area contributed by atoms with Crippen molar-refractivity contribution in [3.63, 3.8) is 0 Å². The normalized spacial score (nSPS) is 14.9. The first-order valence-electron chi connectivity index (χ1n) is 9.25. The maximum atomic E-state index is 13.0. The quantitative estimate of drug-likeness (QED) is 0.825. The van der Waals surface area contributed by atoms with Gasteiger partial charge in [-0.1, -0.05) is 6.92 Å². The Bertz CT molecular complexity index is 899. The summed E-state index contributed by atoms with van der Waals surface area (Å²) >= 11 is 0. The Balaban J connectivity index is 1.77. The Hall–Kier alpha value is -2.83. The number of aryl methyl sites for hydroxylation is 1. The summed E-state index contributed by atoms with van der Waals surface area (Å²) in [6.07, 6.45) is 2.86. The van der Waals surface area contributed by atoms with Crippen molar-refractivity contribution in [1.29, 1.82) is 0 Å². The van der Waals surface area contributed by atoms with Crippen molar-refractivity contribution < 1.29 is 14.0 Å². The Labute approximate surface area is 158 Å². The predicted molar refractivity (Wildman–Crippen MR) is 101 cm³/mol. The van der Waals surface area contributed by atoms with Gasteiger partial charge in [-0.15, -0.1) is 0 Å². The van der Waals surface area contributed by atoms with Gasteiger partial charge in [0.1, 0.15) is 5.56 Å². The monoisotopic (exact) mass is 371 g/mol. The van der Waals surface area contributed by atoms with E-state index in [1.165, 1.54) is 6.26 Å². The first kappa shape index (κ1) is 18.9. The Morgan fingerprint density at radius 3 is 2.37 bits per heavy atom. The number of carbonyl (C=O) groups excluding carboxylic acids is 2. The molecule has 7 nitrogen and oxygen atoms in total. The third kappa shape index (κ3) is 3.67. The van der Waals surface area contributed by atoms with Crippen LogP contribution in [0, 0.1) is 6.92 Å². The molecular formula is C20H25N3O4. The van der Waals surface area contributed by atoms with Crippen molar-refractivity contribution >= 4 is 11.8 Å². The fourth-order valence-electron chi connectivity index (χ4n) is 3.65. The highest BCUT2D eigenvalue weighted by molar-refractivity contribution is 5.94. The average molecular weight is 371 g/mol. The van der Waals surface area contributed by atoms with Gasteiger partial charge >= 0.3 is 0 Å². The topological polar surface area (TPSA) is 75.8 Å². The van der Waals surface area contributed by atoms with E-state index >= 15 is 0 Å². The van der Waals surface area contributed by atoms with Crippen LogP contribution in [0.2, 0.25) is 0 Å². The Morgan fingerprint density at radius 2 is 1.78 bits per heavy atom. The van der Waals surface area contributed by atoms with Crippen molar-refractivity contribution in [2.75, 3.05) is 26.2 Å². The highest BCUT2D eigenvalue weighted by Crippen LogP contribution is 2.13. The number of carbonyl (C=O) groups is 2. The molecule has 27 heavy (non-hydrogen) atoms. The first-order chi connectivity index (χ1) is 12.9. The number of rotatable bonds is 3. The smallest absolute Gasteiger partial charge is 0.289 e. The van der Waals surface area contributed by atoms with Gasteiger partial charge in [0, 0.05) is 38.9 Å². The molecule has 3 heterocycles.